The van der Waals surface area contributed by atoms with E-state index in [-0.39, 0.29) is 5.75 Å². The summed E-state index contributed by atoms with van der Waals surface area (Å²) in [6.07, 6.45) is -11.4. The molecule has 2 aromatic carbocycles. The Bertz CT molecular complexity index is 1960. The van der Waals surface area contributed by atoms with Crippen LogP contribution in [-0.2, 0) is 14.0 Å². The van der Waals surface area contributed by atoms with Crippen LogP contribution in [0.1, 0.15) is 59.6 Å². The van der Waals surface area contributed by atoms with Crippen molar-refractivity contribution in [1.82, 2.24) is 5.48 Å². The van der Waals surface area contributed by atoms with Gasteiger partial charge >= 0.3 is 53.7 Å². The topological polar surface area (TPSA) is 115 Å². The van der Waals surface area contributed by atoms with Crippen LogP contribution in [0.25, 0.3) is 0 Å². The molecule has 0 fully saturated rings. The molecule has 66 heavy (non-hydrogen) atoms. The maximum atomic E-state index is 15.0. The van der Waals surface area contributed by atoms with Gasteiger partial charge in [0.05, 0.1) is 13.7 Å². The van der Waals surface area contributed by atoms with Crippen molar-refractivity contribution in [3.05, 3.63) is 65.7 Å². The highest BCUT2D eigenvalue weighted by atomic mass is 28.4. The zero-order chi connectivity index (χ0) is 51.3. The van der Waals surface area contributed by atoms with E-state index >= 15 is 8.78 Å². The molecule has 376 valence electrons. The van der Waals surface area contributed by atoms with Crippen LogP contribution in [0.15, 0.2) is 60.2 Å². The van der Waals surface area contributed by atoms with E-state index in [2.05, 4.69) is 5.32 Å². The number of carbonyl (C=O) groups excluding carboxylic acids is 2. The Hall–Kier alpha value is -4.53. The summed E-state index contributed by atoms with van der Waals surface area (Å²) in [5, 5.41) is 11.5. The minimum atomic E-state index is -8.71. The number of benzene rings is 2. The first-order chi connectivity index (χ1) is 29.9. The first-order valence-corrected chi connectivity index (χ1v) is 21.5. The molecular formula is C39H45F17N2O7Si. The van der Waals surface area contributed by atoms with Crippen molar-refractivity contribution >= 4 is 26.0 Å². The van der Waals surface area contributed by atoms with E-state index in [1.54, 1.807) is 19.1 Å². The zero-order valence-electron chi connectivity index (χ0n) is 35.7. The first-order valence-electron chi connectivity index (χ1n) is 19.2. The molecule has 0 heterocycles. The van der Waals surface area contributed by atoms with Crippen LogP contribution in [0.3, 0.4) is 0 Å². The highest BCUT2D eigenvalue weighted by Gasteiger charge is 2.95. The zero-order valence-corrected chi connectivity index (χ0v) is 36.7. The molecule has 9 nitrogen and oxygen atoms in total. The maximum Gasteiger partial charge on any atom is 0.460 e. The number of hydroxylamine groups is 1. The molecule has 0 bridgehead atoms. The second kappa shape index (κ2) is 20.8. The number of ether oxygens (including phenoxy) is 3. The maximum absolute atomic E-state index is 15.0. The first kappa shape index (κ1) is 57.6. The van der Waals surface area contributed by atoms with Crippen LogP contribution < -0.4 is 20.3 Å². The lowest BCUT2D eigenvalue weighted by Crippen LogP contribution is -2.74. The van der Waals surface area contributed by atoms with Crippen molar-refractivity contribution in [2.45, 2.75) is 119 Å². The Morgan fingerprint density at radius 2 is 1.12 bits per heavy atom. The minimum absolute atomic E-state index is 0.0782. The third kappa shape index (κ3) is 11.4. The van der Waals surface area contributed by atoms with Gasteiger partial charge in [-0.15, -0.1) is 0 Å². The van der Waals surface area contributed by atoms with Gasteiger partial charge in [-0.1, -0.05) is 52.3 Å². The van der Waals surface area contributed by atoms with Gasteiger partial charge in [-0.3, -0.25) is 15.3 Å². The Balaban J connectivity index is 2.32. The number of hydrogen-bond acceptors (Lipinski definition) is 7. The summed E-state index contributed by atoms with van der Waals surface area (Å²) in [5.74, 6) is -57.9. The fraction of sp³-hybridized carbons (Fsp3) is 0.590. The Morgan fingerprint density at radius 3 is 1.56 bits per heavy atom. The Kier molecular flexibility index (Phi) is 18.1. The second-order valence-electron chi connectivity index (χ2n) is 15.5. The van der Waals surface area contributed by atoms with Crippen molar-refractivity contribution in [2.75, 3.05) is 25.6 Å². The van der Waals surface area contributed by atoms with Crippen molar-refractivity contribution in [3.8, 4) is 11.5 Å². The van der Waals surface area contributed by atoms with E-state index in [1.807, 2.05) is 0 Å². The molecule has 0 saturated carbocycles. The molecule has 0 aromatic heterocycles. The van der Waals surface area contributed by atoms with E-state index in [1.165, 1.54) is 83.6 Å². The van der Waals surface area contributed by atoms with Crippen LogP contribution in [-0.4, -0.2) is 93.5 Å². The Labute approximate surface area is 367 Å². The standard InChI is InChI=1S/C39H45F17N2O7Si/c1-21(2)66(22(3)4,19-16-32(40,41)33(42,43)34(44,45)35(46,47)36(48,49)37(50,51)38(52,53)39(54,55)56)64-18-17-63-28-12-8-25(9-13-28)30(24(6)23(5)20-29(59)58-61)65-31(60)57-26-10-14-27(62-7)15-11-26/h8-15,20-22,24,30,61H,16-19H2,1-7H3,(H,57,60)(H,58,59)/b23-20+/t24-,30-/m0/s1. The summed E-state index contributed by atoms with van der Waals surface area (Å²) in [6, 6.07) is 10.4. The average molecular weight is 1000 g/mol. The predicted molar refractivity (Wildman–Crippen MR) is 203 cm³/mol. The van der Waals surface area contributed by atoms with Crippen LogP contribution in [0.4, 0.5) is 85.1 Å². The molecular weight excluding hydrogens is 959 g/mol. The van der Waals surface area contributed by atoms with E-state index in [0.717, 1.165) is 6.08 Å². The number of rotatable bonds is 23. The van der Waals surface area contributed by atoms with E-state index in [0.29, 0.717) is 22.6 Å². The van der Waals surface area contributed by atoms with Crippen LogP contribution in [0, 0.1) is 5.92 Å². The van der Waals surface area contributed by atoms with Crippen LogP contribution >= 0.6 is 0 Å². The van der Waals surface area contributed by atoms with Gasteiger partial charge in [0, 0.05) is 24.1 Å². The molecule has 0 aliphatic heterocycles. The summed E-state index contributed by atoms with van der Waals surface area (Å²) in [5.41, 5.74) is 0.619. The van der Waals surface area contributed by atoms with Crippen LogP contribution in [0.5, 0.6) is 11.5 Å². The number of hydrogen-bond donors (Lipinski definition) is 3. The monoisotopic (exact) mass is 1000 g/mol. The molecule has 0 unspecified atom stereocenters. The van der Waals surface area contributed by atoms with E-state index in [4.69, 9.17) is 23.8 Å². The second-order valence-corrected chi connectivity index (χ2v) is 20.5. The Morgan fingerprint density at radius 1 is 0.667 bits per heavy atom. The summed E-state index contributed by atoms with van der Waals surface area (Å²) in [6.45, 7) is 7.31. The number of methoxy groups -OCH3 is 1. The molecule has 2 amide bonds. The fourth-order valence-electron chi connectivity index (χ4n) is 6.51. The summed E-state index contributed by atoms with van der Waals surface area (Å²) in [7, 11) is -2.60. The molecule has 0 aliphatic rings. The molecule has 2 atom stereocenters. The molecule has 3 N–H and O–H groups in total. The van der Waals surface area contributed by atoms with Gasteiger partial charge in [-0.2, -0.15) is 74.6 Å². The van der Waals surface area contributed by atoms with Gasteiger partial charge in [0.1, 0.15) is 24.2 Å². The lowest BCUT2D eigenvalue weighted by atomic mass is 9.88. The lowest BCUT2D eigenvalue weighted by molar-refractivity contribution is -0.461. The van der Waals surface area contributed by atoms with E-state index < -0.39 is 117 Å². The largest absolute Gasteiger partial charge is 0.497 e. The number of carbonyl (C=O) groups is 2. The van der Waals surface area contributed by atoms with Crippen molar-refractivity contribution in [2.24, 2.45) is 5.92 Å². The third-order valence-electron chi connectivity index (χ3n) is 10.7. The minimum Gasteiger partial charge on any atom is -0.497 e. The molecule has 2 rings (SSSR count). The molecule has 27 heteroatoms. The summed E-state index contributed by atoms with van der Waals surface area (Å²) in [4.78, 5) is 24.8. The fourth-order valence-corrected chi connectivity index (χ4v) is 11.0. The predicted octanol–water partition coefficient (Wildman–Crippen LogP) is 12.6. The quantitative estimate of drug-likeness (QED) is 0.0254. The van der Waals surface area contributed by atoms with Crippen molar-refractivity contribution in [3.63, 3.8) is 0 Å². The highest BCUT2D eigenvalue weighted by molar-refractivity contribution is 6.76. The lowest BCUT2D eigenvalue weighted by Gasteiger charge is -2.44. The number of halogens is 17. The molecule has 0 spiro atoms. The number of nitrogens with one attached hydrogen (secondary N) is 2. The van der Waals surface area contributed by atoms with Gasteiger partial charge in [0.15, 0.2) is 8.32 Å². The summed E-state index contributed by atoms with van der Waals surface area (Å²) < 4.78 is 258. The van der Waals surface area contributed by atoms with Gasteiger partial charge in [-0.25, -0.2) is 10.3 Å². The molecule has 2 aromatic rings. The number of amides is 2. The summed E-state index contributed by atoms with van der Waals surface area (Å²) >= 11 is 0. The number of alkyl halides is 17. The van der Waals surface area contributed by atoms with Crippen molar-refractivity contribution < 1.29 is 108 Å². The number of anilines is 1. The van der Waals surface area contributed by atoms with Crippen LogP contribution in [0.2, 0.25) is 17.1 Å². The SMILES string of the molecule is COc1ccc(NC(=O)O[C@H](c2ccc(OCCO[Si](CCC(F)(F)C(F)(F)C(F)(F)C(F)(F)C(F)(F)C(F)(F)C(F)(F)C(F)(F)F)(C(C)C)C(C)C)cc2)[C@@H](C)/C(C)=C/C(=O)NO)cc1. The molecule has 0 aliphatic carbocycles. The van der Waals surface area contributed by atoms with Gasteiger partial charge in [0.2, 0.25) is 0 Å². The normalized spacial score (nSPS) is 15.1. The van der Waals surface area contributed by atoms with Crippen molar-refractivity contribution in [1.29, 1.82) is 0 Å². The van der Waals surface area contributed by atoms with Gasteiger partial charge < -0.3 is 18.6 Å². The van der Waals surface area contributed by atoms with E-state index in [9.17, 15) is 75.4 Å². The average Bonchev–Trinajstić information content (AvgIpc) is 3.21. The van der Waals surface area contributed by atoms with Gasteiger partial charge in [0.25, 0.3) is 5.91 Å². The van der Waals surface area contributed by atoms with Gasteiger partial charge in [-0.05, 0) is 66.0 Å². The third-order valence-corrected chi connectivity index (χ3v) is 16.4. The smallest absolute Gasteiger partial charge is 0.460 e. The molecule has 0 saturated heterocycles. The highest BCUT2D eigenvalue weighted by Crippen LogP contribution is 2.64. The molecule has 0 radical (unpaired) electrons.